The Balaban J connectivity index is 0.000000225. The van der Waals surface area contributed by atoms with Crippen molar-refractivity contribution in [3.8, 4) is 11.4 Å². The van der Waals surface area contributed by atoms with Crippen molar-refractivity contribution in [3.05, 3.63) is 82.9 Å². The fourth-order valence-corrected chi connectivity index (χ4v) is 2.95. The SMILES string of the molecule is CS(=O)(=O)NCc1cccc(CN)c1.Cc1nc(-c2cccc(F)c2)ncc1C(=O)O. The minimum absolute atomic E-state index is 0.0464. The number of carboxylic acid groups (broad SMARTS) is 1. The van der Waals surface area contributed by atoms with E-state index in [2.05, 4.69) is 14.7 Å². The van der Waals surface area contributed by atoms with E-state index in [1.807, 2.05) is 24.3 Å². The van der Waals surface area contributed by atoms with Crippen LogP contribution < -0.4 is 10.5 Å². The molecule has 2 aromatic carbocycles. The number of hydrogen-bond donors (Lipinski definition) is 3. The first kappa shape index (κ1) is 24.1. The van der Waals surface area contributed by atoms with Crippen molar-refractivity contribution in [2.45, 2.75) is 20.0 Å². The normalized spacial score (nSPS) is 10.8. The largest absolute Gasteiger partial charge is 0.478 e. The van der Waals surface area contributed by atoms with Crippen molar-refractivity contribution in [2.24, 2.45) is 5.73 Å². The van der Waals surface area contributed by atoms with Gasteiger partial charge in [-0.15, -0.1) is 0 Å². The first-order chi connectivity index (χ1) is 14.6. The zero-order valence-electron chi connectivity index (χ0n) is 17.0. The van der Waals surface area contributed by atoms with Crippen molar-refractivity contribution in [2.75, 3.05) is 6.26 Å². The van der Waals surface area contributed by atoms with Gasteiger partial charge in [0, 0.05) is 24.8 Å². The molecule has 0 atom stereocenters. The van der Waals surface area contributed by atoms with Crippen LogP contribution in [0.15, 0.2) is 54.7 Å². The van der Waals surface area contributed by atoms with Gasteiger partial charge in [0.05, 0.1) is 17.5 Å². The van der Waals surface area contributed by atoms with Crippen molar-refractivity contribution < 1.29 is 22.7 Å². The smallest absolute Gasteiger partial charge is 0.339 e. The van der Waals surface area contributed by atoms with E-state index in [1.165, 1.54) is 18.3 Å². The molecule has 8 nitrogen and oxygen atoms in total. The van der Waals surface area contributed by atoms with E-state index >= 15 is 0 Å². The van der Waals surface area contributed by atoms with Gasteiger partial charge in [-0.1, -0.05) is 36.4 Å². The van der Waals surface area contributed by atoms with Gasteiger partial charge in [0.15, 0.2) is 5.82 Å². The summed E-state index contributed by atoms with van der Waals surface area (Å²) >= 11 is 0. The lowest BCUT2D eigenvalue weighted by molar-refractivity contribution is 0.0695. The maximum atomic E-state index is 13.0. The molecule has 0 amide bonds. The highest BCUT2D eigenvalue weighted by molar-refractivity contribution is 7.88. The third kappa shape index (κ3) is 7.85. The summed E-state index contributed by atoms with van der Waals surface area (Å²) in [4.78, 5) is 18.7. The molecule has 4 N–H and O–H groups in total. The third-order valence-electron chi connectivity index (χ3n) is 4.06. The Morgan fingerprint density at radius 1 is 1.16 bits per heavy atom. The molecule has 0 unspecified atom stereocenters. The topological polar surface area (TPSA) is 135 Å². The Kier molecular flexibility index (Phi) is 8.31. The number of nitrogens with two attached hydrogens (primary N) is 1. The summed E-state index contributed by atoms with van der Waals surface area (Å²) in [6.45, 7) is 2.35. The number of aromatic carboxylic acids is 1. The lowest BCUT2D eigenvalue weighted by atomic mass is 10.1. The molecule has 1 aromatic heterocycles. The zero-order chi connectivity index (χ0) is 23.0. The number of nitrogens with zero attached hydrogens (tertiary/aromatic N) is 2. The maximum Gasteiger partial charge on any atom is 0.339 e. The predicted molar refractivity (Wildman–Crippen MR) is 115 cm³/mol. The van der Waals surface area contributed by atoms with E-state index in [0.29, 0.717) is 30.2 Å². The van der Waals surface area contributed by atoms with Crippen molar-refractivity contribution >= 4 is 16.0 Å². The van der Waals surface area contributed by atoms with Gasteiger partial charge in [0.1, 0.15) is 5.82 Å². The molecule has 1 heterocycles. The molecule has 0 aliphatic rings. The number of halogens is 1. The van der Waals surface area contributed by atoms with Crippen molar-refractivity contribution in [1.82, 2.24) is 14.7 Å². The summed E-state index contributed by atoms with van der Waals surface area (Å²) in [5.74, 6) is -1.15. The molecule has 3 aromatic rings. The van der Waals surface area contributed by atoms with Gasteiger partial charge in [0.2, 0.25) is 10.0 Å². The summed E-state index contributed by atoms with van der Waals surface area (Å²) < 4.78 is 37.1. The first-order valence-electron chi connectivity index (χ1n) is 9.14. The highest BCUT2D eigenvalue weighted by Crippen LogP contribution is 2.17. The van der Waals surface area contributed by atoms with E-state index in [4.69, 9.17) is 10.8 Å². The van der Waals surface area contributed by atoms with Gasteiger partial charge >= 0.3 is 5.97 Å². The van der Waals surface area contributed by atoms with Gasteiger partial charge in [-0.3, -0.25) is 0 Å². The molecule has 0 aliphatic heterocycles. The molecule has 0 aliphatic carbocycles. The van der Waals surface area contributed by atoms with Crippen LogP contribution in [-0.4, -0.2) is 35.7 Å². The van der Waals surface area contributed by atoms with Gasteiger partial charge < -0.3 is 10.8 Å². The number of benzene rings is 2. The highest BCUT2D eigenvalue weighted by atomic mass is 32.2. The van der Waals surface area contributed by atoms with Crippen LogP contribution in [0.3, 0.4) is 0 Å². The number of nitrogens with one attached hydrogen (secondary N) is 1. The molecule has 0 radical (unpaired) electrons. The second kappa shape index (κ2) is 10.7. The van der Waals surface area contributed by atoms with Crippen molar-refractivity contribution in [3.63, 3.8) is 0 Å². The van der Waals surface area contributed by atoms with Gasteiger partial charge in [-0.2, -0.15) is 0 Å². The fraction of sp³-hybridized carbons (Fsp3) is 0.190. The first-order valence-corrected chi connectivity index (χ1v) is 11.0. The van der Waals surface area contributed by atoms with Crippen LogP contribution in [0.25, 0.3) is 11.4 Å². The van der Waals surface area contributed by atoms with Gasteiger partial charge in [-0.05, 0) is 30.2 Å². The zero-order valence-corrected chi connectivity index (χ0v) is 17.9. The van der Waals surface area contributed by atoms with Crippen LogP contribution in [0.5, 0.6) is 0 Å². The molecule has 0 spiro atoms. The molecule has 0 bridgehead atoms. The molecular weight excluding hydrogens is 423 g/mol. The minimum Gasteiger partial charge on any atom is -0.478 e. The number of hydrogen-bond acceptors (Lipinski definition) is 6. The molecule has 0 fully saturated rings. The van der Waals surface area contributed by atoms with Crippen LogP contribution in [0.4, 0.5) is 4.39 Å². The standard InChI is InChI=1S/C12H9FN2O2.C9H14N2O2S/c1-7-10(12(16)17)6-14-11(15-7)8-3-2-4-9(13)5-8;1-14(12,13)11-7-9-4-2-3-8(5-9)6-10/h2-6H,1H3,(H,16,17);2-5,11H,6-7,10H2,1H3. The summed E-state index contributed by atoms with van der Waals surface area (Å²) in [6.07, 6.45) is 2.37. The summed E-state index contributed by atoms with van der Waals surface area (Å²) in [5, 5.41) is 8.83. The average Bonchev–Trinajstić information content (AvgIpc) is 2.72. The Hall–Kier alpha value is -3.21. The number of rotatable bonds is 6. The van der Waals surface area contributed by atoms with Crippen LogP contribution in [0, 0.1) is 12.7 Å². The molecule has 0 saturated heterocycles. The van der Waals surface area contributed by atoms with E-state index in [1.54, 1.807) is 19.1 Å². The highest BCUT2D eigenvalue weighted by Gasteiger charge is 2.11. The lowest BCUT2D eigenvalue weighted by Gasteiger charge is -2.04. The second-order valence-electron chi connectivity index (χ2n) is 6.63. The van der Waals surface area contributed by atoms with Crippen LogP contribution >= 0.6 is 0 Å². The van der Waals surface area contributed by atoms with E-state index < -0.39 is 16.0 Å². The Bertz CT molecular complexity index is 1170. The number of carboxylic acids is 1. The number of carbonyl (C=O) groups is 1. The second-order valence-corrected chi connectivity index (χ2v) is 8.46. The molecule has 3 rings (SSSR count). The third-order valence-corrected chi connectivity index (χ3v) is 4.73. The number of sulfonamides is 1. The van der Waals surface area contributed by atoms with E-state index in [9.17, 15) is 17.6 Å². The Morgan fingerprint density at radius 3 is 2.42 bits per heavy atom. The van der Waals surface area contributed by atoms with Crippen LogP contribution in [0.2, 0.25) is 0 Å². The maximum absolute atomic E-state index is 13.0. The lowest BCUT2D eigenvalue weighted by Crippen LogP contribution is -2.21. The summed E-state index contributed by atoms with van der Waals surface area (Å²) in [7, 11) is -3.12. The minimum atomic E-state index is -3.12. The van der Waals surface area contributed by atoms with Gasteiger partial charge in [-0.25, -0.2) is 32.3 Å². The average molecular weight is 447 g/mol. The molecule has 164 valence electrons. The number of aromatic nitrogens is 2. The Morgan fingerprint density at radius 2 is 1.84 bits per heavy atom. The van der Waals surface area contributed by atoms with Crippen LogP contribution in [0.1, 0.15) is 27.2 Å². The van der Waals surface area contributed by atoms with Crippen molar-refractivity contribution in [1.29, 1.82) is 0 Å². The van der Waals surface area contributed by atoms with Crippen LogP contribution in [-0.2, 0) is 23.1 Å². The monoisotopic (exact) mass is 446 g/mol. The molecular formula is C21H23FN4O4S. The molecule has 0 saturated carbocycles. The fourth-order valence-electron chi connectivity index (χ4n) is 2.52. The quantitative estimate of drug-likeness (QED) is 0.529. The van der Waals surface area contributed by atoms with E-state index in [-0.39, 0.29) is 11.4 Å². The van der Waals surface area contributed by atoms with E-state index in [0.717, 1.165) is 17.4 Å². The van der Waals surface area contributed by atoms with Gasteiger partial charge in [0.25, 0.3) is 0 Å². The summed E-state index contributed by atoms with van der Waals surface area (Å²) in [6, 6.07) is 13.4. The molecule has 10 heteroatoms. The predicted octanol–water partition coefficient (Wildman–Crippen LogP) is 2.48. The summed E-state index contributed by atoms with van der Waals surface area (Å²) in [5.41, 5.74) is 8.29. The molecule has 31 heavy (non-hydrogen) atoms. The Labute approximate surface area is 180 Å². The number of aryl methyl sites for hydroxylation is 1.